The zero-order valence-corrected chi connectivity index (χ0v) is 17.4. The SMILES string of the molecule is NC(=O)c1ccc(-c2nccnc2OC2CC(NN3Sc4ccccc4S3)C2)cn1. The summed E-state index contributed by atoms with van der Waals surface area (Å²) in [4.78, 5) is 26.6. The topological polar surface area (TPSA) is 106 Å². The summed E-state index contributed by atoms with van der Waals surface area (Å²) in [7, 11) is 0. The van der Waals surface area contributed by atoms with Crippen molar-refractivity contribution < 1.29 is 9.53 Å². The number of hydrogen-bond donors (Lipinski definition) is 2. The summed E-state index contributed by atoms with van der Waals surface area (Å²) in [5, 5.41) is 0. The van der Waals surface area contributed by atoms with E-state index in [1.54, 1.807) is 54.6 Å². The Balaban J connectivity index is 1.19. The normalized spacial score (nSPS) is 20.4. The first kappa shape index (κ1) is 19.3. The van der Waals surface area contributed by atoms with Crippen LogP contribution in [0.2, 0.25) is 0 Å². The zero-order chi connectivity index (χ0) is 20.5. The first-order chi connectivity index (χ1) is 14.7. The van der Waals surface area contributed by atoms with Crippen molar-refractivity contribution in [1.82, 2.24) is 24.2 Å². The van der Waals surface area contributed by atoms with E-state index in [1.165, 1.54) is 9.79 Å². The molecule has 1 aromatic carbocycles. The van der Waals surface area contributed by atoms with E-state index in [9.17, 15) is 4.79 Å². The van der Waals surface area contributed by atoms with E-state index in [-0.39, 0.29) is 11.8 Å². The van der Waals surface area contributed by atoms with E-state index in [2.05, 4.69) is 48.5 Å². The molecule has 3 aromatic rings. The lowest BCUT2D eigenvalue weighted by Gasteiger charge is -2.37. The minimum Gasteiger partial charge on any atom is -0.473 e. The van der Waals surface area contributed by atoms with Gasteiger partial charge in [0.15, 0.2) is 0 Å². The van der Waals surface area contributed by atoms with Crippen LogP contribution in [-0.2, 0) is 0 Å². The highest BCUT2D eigenvalue weighted by molar-refractivity contribution is 8.14. The van der Waals surface area contributed by atoms with Crippen molar-refractivity contribution >= 4 is 29.8 Å². The summed E-state index contributed by atoms with van der Waals surface area (Å²) in [5.74, 6) is -0.102. The lowest BCUT2D eigenvalue weighted by molar-refractivity contribution is 0.0711. The Morgan fingerprint density at radius 1 is 1.07 bits per heavy atom. The number of hydrogen-bond acceptors (Lipinski definition) is 9. The van der Waals surface area contributed by atoms with Gasteiger partial charge >= 0.3 is 0 Å². The van der Waals surface area contributed by atoms with Gasteiger partial charge in [-0.2, -0.15) is 0 Å². The summed E-state index contributed by atoms with van der Waals surface area (Å²) in [6.45, 7) is 0. The molecular formula is C20H18N6O2S2. The first-order valence-electron chi connectivity index (χ1n) is 9.41. The van der Waals surface area contributed by atoms with Crippen LogP contribution in [0.3, 0.4) is 0 Å². The number of pyridine rings is 1. The van der Waals surface area contributed by atoms with Crippen LogP contribution in [0.1, 0.15) is 23.3 Å². The van der Waals surface area contributed by atoms with Crippen molar-refractivity contribution in [3.8, 4) is 17.1 Å². The highest BCUT2D eigenvalue weighted by atomic mass is 32.2. The third kappa shape index (κ3) is 3.99. The van der Waals surface area contributed by atoms with Gasteiger partial charge in [0, 0.05) is 52.8 Å². The molecule has 0 saturated heterocycles. The zero-order valence-electron chi connectivity index (χ0n) is 15.8. The fourth-order valence-electron chi connectivity index (χ4n) is 3.21. The second-order valence-electron chi connectivity index (χ2n) is 6.93. The van der Waals surface area contributed by atoms with E-state index < -0.39 is 5.91 Å². The van der Waals surface area contributed by atoms with E-state index in [1.807, 2.05) is 0 Å². The van der Waals surface area contributed by atoms with Crippen LogP contribution < -0.4 is 15.9 Å². The first-order valence-corrected chi connectivity index (χ1v) is 11.0. The molecule has 3 N–H and O–H groups in total. The third-order valence-electron chi connectivity index (χ3n) is 4.83. The summed E-state index contributed by atoms with van der Waals surface area (Å²) < 4.78 is 8.21. The number of amides is 1. The number of nitrogens with one attached hydrogen (secondary N) is 1. The molecule has 0 spiro atoms. The Labute approximate surface area is 181 Å². The molecule has 1 amide bonds. The van der Waals surface area contributed by atoms with Crippen LogP contribution in [-0.4, -0.2) is 36.8 Å². The van der Waals surface area contributed by atoms with E-state index in [4.69, 9.17) is 10.5 Å². The van der Waals surface area contributed by atoms with Gasteiger partial charge in [-0.3, -0.25) is 9.78 Å². The van der Waals surface area contributed by atoms with Gasteiger partial charge in [0.25, 0.3) is 5.91 Å². The van der Waals surface area contributed by atoms with Gasteiger partial charge in [-0.15, -0.1) is 3.82 Å². The predicted molar refractivity (Wildman–Crippen MR) is 114 cm³/mol. The molecule has 1 fully saturated rings. The van der Waals surface area contributed by atoms with Crippen LogP contribution in [0.15, 0.2) is 64.8 Å². The van der Waals surface area contributed by atoms with Gasteiger partial charge in [0.1, 0.15) is 17.5 Å². The molecule has 30 heavy (non-hydrogen) atoms. The number of ether oxygens (including phenoxy) is 1. The summed E-state index contributed by atoms with van der Waals surface area (Å²) in [6, 6.07) is 12.0. The van der Waals surface area contributed by atoms with Crippen molar-refractivity contribution in [1.29, 1.82) is 0 Å². The standard InChI is InChI=1S/C20H18N6O2S2/c21-19(27)15-6-5-12(11-24-15)18-20(23-8-7-22-18)28-14-9-13(10-14)25-26-29-16-3-1-2-4-17(16)30-26/h1-8,11,13-14,25H,9-10H2,(H2,21,27). The Kier molecular flexibility index (Phi) is 5.30. The maximum absolute atomic E-state index is 11.2. The Bertz CT molecular complexity index is 1050. The predicted octanol–water partition coefficient (Wildman–Crippen LogP) is 3.08. The van der Waals surface area contributed by atoms with Gasteiger partial charge in [-0.05, 0) is 48.2 Å². The van der Waals surface area contributed by atoms with Gasteiger partial charge in [-0.1, -0.05) is 12.1 Å². The molecule has 3 heterocycles. The average Bonchev–Trinajstić information content (AvgIpc) is 3.15. The molecule has 2 aliphatic rings. The Morgan fingerprint density at radius 2 is 1.80 bits per heavy atom. The van der Waals surface area contributed by atoms with E-state index in [0.29, 0.717) is 17.6 Å². The number of nitrogens with zero attached hydrogens (tertiary/aromatic N) is 4. The van der Waals surface area contributed by atoms with Crippen LogP contribution in [0, 0.1) is 0 Å². The fourth-order valence-corrected chi connectivity index (χ4v) is 5.42. The second kappa shape index (κ2) is 8.23. The minimum atomic E-state index is -0.567. The minimum absolute atomic E-state index is 0.0655. The number of fused-ring (bicyclic) bond motifs is 1. The van der Waals surface area contributed by atoms with Crippen molar-refractivity contribution in [2.45, 2.75) is 34.8 Å². The monoisotopic (exact) mass is 438 g/mol. The number of carbonyl (C=O) groups excluding carboxylic acids is 1. The van der Waals surface area contributed by atoms with Gasteiger partial charge in [-0.25, -0.2) is 15.4 Å². The summed E-state index contributed by atoms with van der Waals surface area (Å²) in [6.07, 6.45) is 6.59. The fraction of sp³-hybridized carbons (Fsp3) is 0.200. The molecular weight excluding hydrogens is 420 g/mol. The average molecular weight is 439 g/mol. The van der Waals surface area contributed by atoms with Crippen molar-refractivity contribution in [2.75, 3.05) is 0 Å². The van der Waals surface area contributed by atoms with Gasteiger partial charge < -0.3 is 10.5 Å². The number of rotatable bonds is 6. The number of benzene rings is 1. The lowest BCUT2D eigenvalue weighted by atomic mass is 9.90. The van der Waals surface area contributed by atoms with Crippen molar-refractivity contribution in [2.24, 2.45) is 5.73 Å². The maximum atomic E-state index is 11.2. The molecule has 0 atom stereocenters. The van der Waals surface area contributed by atoms with Crippen LogP contribution in [0.25, 0.3) is 11.3 Å². The number of hydrazine groups is 1. The highest BCUT2D eigenvalue weighted by Crippen LogP contribution is 2.45. The summed E-state index contributed by atoms with van der Waals surface area (Å²) >= 11 is 3.41. The lowest BCUT2D eigenvalue weighted by Crippen LogP contribution is -2.49. The molecule has 1 aliphatic carbocycles. The molecule has 10 heteroatoms. The molecule has 8 nitrogen and oxygen atoms in total. The quantitative estimate of drug-likeness (QED) is 0.562. The molecule has 0 bridgehead atoms. The van der Waals surface area contributed by atoms with Gasteiger partial charge in [0.05, 0.1) is 0 Å². The number of nitrogens with two attached hydrogens (primary N) is 1. The molecule has 152 valence electrons. The number of aromatic nitrogens is 3. The highest BCUT2D eigenvalue weighted by Gasteiger charge is 2.35. The van der Waals surface area contributed by atoms with Crippen molar-refractivity contribution in [3.63, 3.8) is 0 Å². The Hall–Kier alpha value is -2.66. The largest absolute Gasteiger partial charge is 0.473 e. The molecule has 0 unspecified atom stereocenters. The van der Waals surface area contributed by atoms with Crippen molar-refractivity contribution in [3.05, 3.63) is 60.7 Å². The summed E-state index contributed by atoms with van der Waals surface area (Å²) in [5.41, 5.74) is 10.3. The van der Waals surface area contributed by atoms with E-state index >= 15 is 0 Å². The van der Waals surface area contributed by atoms with Crippen LogP contribution in [0.4, 0.5) is 0 Å². The number of primary amides is 1. The van der Waals surface area contributed by atoms with Gasteiger partial charge in [0.2, 0.25) is 5.88 Å². The molecule has 5 rings (SSSR count). The molecule has 2 aromatic heterocycles. The van der Waals surface area contributed by atoms with E-state index in [0.717, 1.165) is 18.4 Å². The molecule has 1 aliphatic heterocycles. The van der Waals surface area contributed by atoms with Crippen LogP contribution >= 0.6 is 23.9 Å². The van der Waals surface area contributed by atoms with Crippen LogP contribution in [0.5, 0.6) is 5.88 Å². The number of carbonyl (C=O) groups is 1. The molecule has 0 radical (unpaired) electrons. The molecule has 1 saturated carbocycles. The Morgan fingerprint density at radius 3 is 2.47 bits per heavy atom. The second-order valence-corrected chi connectivity index (χ2v) is 9.14. The maximum Gasteiger partial charge on any atom is 0.267 e. The third-order valence-corrected chi connectivity index (χ3v) is 7.05. The smallest absolute Gasteiger partial charge is 0.267 e.